The zero-order chi connectivity index (χ0) is 20.2. The normalized spacial score (nSPS) is 16.8. The lowest BCUT2D eigenvalue weighted by Gasteiger charge is -2.28. The molecule has 1 aliphatic heterocycles. The van der Waals surface area contributed by atoms with Gasteiger partial charge in [0, 0.05) is 16.7 Å². The van der Waals surface area contributed by atoms with Crippen LogP contribution in [-0.2, 0) is 14.3 Å². The van der Waals surface area contributed by atoms with Gasteiger partial charge in [-0.1, -0.05) is 15.9 Å². The lowest BCUT2D eigenvalue weighted by atomic mass is 10.2. The van der Waals surface area contributed by atoms with E-state index in [1.165, 1.54) is 4.90 Å². The summed E-state index contributed by atoms with van der Waals surface area (Å²) < 4.78 is 6.28. The molecular weight excluding hydrogens is 414 g/mol. The van der Waals surface area contributed by atoms with Gasteiger partial charge in [-0.15, -0.1) is 0 Å². The van der Waals surface area contributed by atoms with Crippen molar-refractivity contribution < 1.29 is 19.1 Å². The third kappa shape index (κ3) is 6.23. The van der Waals surface area contributed by atoms with Crippen molar-refractivity contribution in [3.05, 3.63) is 28.2 Å². The van der Waals surface area contributed by atoms with Crippen molar-refractivity contribution in [2.75, 3.05) is 18.4 Å². The Balaban J connectivity index is 1.88. The van der Waals surface area contributed by atoms with E-state index in [0.717, 1.165) is 16.5 Å². The number of rotatable bonds is 4. The Bertz CT molecular complexity index is 730. The average molecular weight is 440 g/mol. The molecule has 0 spiro atoms. The van der Waals surface area contributed by atoms with Gasteiger partial charge in [-0.2, -0.15) is 0 Å². The molecule has 0 bridgehead atoms. The first-order valence-electron chi connectivity index (χ1n) is 8.90. The highest BCUT2D eigenvalue weighted by Crippen LogP contribution is 2.21. The Hall–Kier alpha value is -2.09. The Morgan fingerprint density at radius 1 is 1.30 bits per heavy atom. The van der Waals surface area contributed by atoms with E-state index in [9.17, 15) is 14.4 Å². The SMILES string of the molecule is Cc1cc(Br)ccc1NC(=O)CNC(=O)C1CCCN1C(=O)OC(C)(C)C. The predicted molar refractivity (Wildman–Crippen MR) is 106 cm³/mol. The minimum atomic E-state index is -0.622. The van der Waals surface area contributed by atoms with E-state index in [2.05, 4.69) is 26.6 Å². The van der Waals surface area contributed by atoms with Gasteiger partial charge in [0.25, 0.3) is 0 Å². The molecule has 3 amide bonds. The lowest BCUT2D eigenvalue weighted by Crippen LogP contribution is -2.48. The monoisotopic (exact) mass is 439 g/mol. The summed E-state index contributed by atoms with van der Waals surface area (Å²) in [6.45, 7) is 7.54. The van der Waals surface area contributed by atoms with E-state index >= 15 is 0 Å². The number of hydrogen-bond donors (Lipinski definition) is 2. The van der Waals surface area contributed by atoms with Crippen LogP contribution in [0.15, 0.2) is 22.7 Å². The molecule has 1 aliphatic rings. The van der Waals surface area contributed by atoms with Crippen molar-refractivity contribution in [1.82, 2.24) is 10.2 Å². The van der Waals surface area contributed by atoms with Gasteiger partial charge in [0.05, 0.1) is 6.54 Å². The van der Waals surface area contributed by atoms with Crippen molar-refractivity contribution in [3.63, 3.8) is 0 Å². The number of nitrogens with zero attached hydrogens (tertiary/aromatic N) is 1. The molecular formula is C19H26BrN3O4. The van der Waals surface area contributed by atoms with E-state index in [-0.39, 0.29) is 18.4 Å². The minimum Gasteiger partial charge on any atom is -0.444 e. The zero-order valence-electron chi connectivity index (χ0n) is 16.1. The number of carbonyl (C=O) groups excluding carboxylic acids is 3. The summed E-state index contributed by atoms with van der Waals surface area (Å²) >= 11 is 3.37. The number of hydrogen-bond acceptors (Lipinski definition) is 4. The second-order valence-electron chi connectivity index (χ2n) is 7.56. The van der Waals surface area contributed by atoms with E-state index in [4.69, 9.17) is 4.74 Å². The third-order valence-electron chi connectivity index (χ3n) is 4.07. The van der Waals surface area contributed by atoms with Crippen LogP contribution in [0.4, 0.5) is 10.5 Å². The zero-order valence-corrected chi connectivity index (χ0v) is 17.7. The maximum Gasteiger partial charge on any atom is 0.410 e. The van der Waals surface area contributed by atoms with Gasteiger partial charge in [-0.05, 0) is 64.3 Å². The number of aryl methyl sites for hydroxylation is 1. The molecule has 0 aliphatic carbocycles. The summed E-state index contributed by atoms with van der Waals surface area (Å²) in [5.74, 6) is -0.670. The minimum absolute atomic E-state index is 0.160. The molecule has 1 fully saturated rings. The molecule has 2 N–H and O–H groups in total. The quantitative estimate of drug-likeness (QED) is 0.753. The first-order chi connectivity index (χ1) is 12.6. The van der Waals surface area contributed by atoms with E-state index in [1.54, 1.807) is 26.8 Å². The number of anilines is 1. The summed E-state index contributed by atoms with van der Waals surface area (Å²) in [6.07, 6.45) is 0.773. The number of halogens is 1. The largest absolute Gasteiger partial charge is 0.444 e. The van der Waals surface area contributed by atoms with Gasteiger partial charge in [-0.25, -0.2) is 4.79 Å². The van der Waals surface area contributed by atoms with Gasteiger partial charge in [0.2, 0.25) is 11.8 Å². The predicted octanol–water partition coefficient (Wildman–Crippen LogP) is 3.21. The van der Waals surface area contributed by atoms with Crippen LogP contribution in [0.1, 0.15) is 39.2 Å². The van der Waals surface area contributed by atoms with Crippen LogP contribution in [0.5, 0.6) is 0 Å². The molecule has 1 saturated heterocycles. The van der Waals surface area contributed by atoms with Gasteiger partial charge in [0.15, 0.2) is 0 Å². The van der Waals surface area contributed by atoms with Crippen LogP contribution >= 0.6 is 15.9 Å². The van der Waals surface area contributed by atoms with Crippen LogP contribution in [-0.4, -0.2) is 47.5 Å². The Labute approximate surface area is 167 Å². The fourth-order valence-electron chi connectivity index (χ4n) is 2.83. The van der Waals surface area contributed by atoms with E-state index < -0.39 is 17.7 Å². The van der Waals surface area contributed by atoms with Crippen molar-refractivity contribution in [1.29, 1.82) is 0 Å². The van der Waals surface area contributed by atoms with Crippen molar-refractivity contribution in [2.45, 2.75) is 52.2 Å². The second kappa shape index (κ2) is 8.73. The molecule has 1 heterocycles. The summed E-state index contributed by atoms with van der Waals surface area (Å²) in [5.41, 5.74) is 0.980. The summed E-state index contributed by atoms with van der Waals surface area (Å²) in [7, 11) is 0. The number of likely N-dealkylation sites (tertiary alicyclic amines) is 1. The number of ether oxygens (including phenoxy) is 1. The highest BCUT2D eigenvalue weighted by Gasteiger charge is 2.36. The number of nitrogens with one attached hydrogen (secondary N) is 2. The Kier molecular flexibility index (Phi) is 6.86. The van der Waals surface area contributed by atoms with Gasteiger partial charge < -0.3 is 15.4 Å². The maximum absolute atomic E-state index is 12.4. The topological polar surface area (TPSA) is 87.7 Å². The fourth-order valence-corrected chi connectivity index (χ4v) is 3.30. The maximum atomic E-state index is 12.4. The molecule has 7 nitrogen and oxygen atoms in total. The van der Waals surface area contributed by atoms with Gasteiger partial charge in [0.1, 0.15) is 11.6 Å². The summed E-state index contributed by atoms with van der Waals surface area (Å²) in [4.78, 5) is 38.3. The fraction of sp³-hybridized carbons (Fsp3) is 0.526. The third-order valence-corrected chi connectivity index (χ3v) is 4.56. The first kappa shape index (κ1) is 21.2. The standard InChI is InChI=1S/C19H26BrN3O4/c1-12-10-13(20)7-8-14(12)22-16(24)11-21-17(25)15-6-5-9-23(15)18(26)27-19(2,3)4/h7-8,10,15H,5-6,9,11H2,1-4H3,(H,21,25)(H,22,24). The Morgan fingerprint density at radius 2 is 2.00 bits per heavy atom. The molecule has 0 saturated carbocycles. The molecule has 1 atom stereocenters. The molecule has 148 valence electrons. The smallest absolute Gasteiger partial charge is 0.410 e. The molecule has 0 radical (unpaired) electrons. The first-order valence-corrected chi connectivity index (χ1v) is 9.69. The summed E-state index contributed by atoms with van der Waals surface area (Å²) in [5, 5.41) is 5.38. The molecule has 8 heteroatoms. The van der Waals surface area contributed by atoms with Crippen LogP contribution in [0, 0.1) is 6.92 Å². The van der Waals surface area contributed by atoms with Crippen molar-refractivity contribution >= 4 is 39.5 Å². The highest BCUT2D eigenvalue weighted by molar-refractivity contribution is 9.10. The lowest BCUT2D eigenvalue weighted by molar-refractivity contribution is -0.127. The molecule has 1 unspecified atom stereocenters. The molecule has 1 aromatic carbocycles. The van der Waals surface area contributed by atoms with Crippen LogP contribution in [0.2, 0.25) is 0 Å². The van der Waals surface area contributed by atoms with E-state index in [1.807, 2.05) is 19.1 Å². The Morgan fingerprint density at radius 3 is 2.63 bits per heavy atom. The van der Waals surface area contributed by atoms with Gasteiger partial charge in [-0.3, -0.25) is 14.5 Å². The highest BCUT2D eigenvalue weighted by atomic mass is 79.9. The molecule has 2 rings (SSSR count). The summed E-state index contributed by atoms with van der Waals surface area (Å²) in [6, 6.07) is 4.91. The van der Waals surface area contributed by atoms with Crippen LogP contribution in [0.3, 0.4) is 0 Å². The second-order valence-corrected chi connectivity index (χ2v) is 8.47. The number of amides is 3. The van der Waals surface area contributed by atoms with Crippen LogP contribution < -0.4 is 10.6 Å². The van der Waals surface area contributed by atoms with Gasteiger partial charge >= 0.3 is 6.09 Å². The molecule has 0 aromatic heterocycles. The van der Waals surface area contributed by atoms with Crippen molar-refractivity contribution in [3.8, 4) is 0 Å². The molecule has 27 heavy (non-hydrogen) atoms. The van der Waals surface area contributed by atoms with Crippen molar-refractivity contribution in [2.24, 2.45) is 0 Å². The average Bonchev–Trinajstić information content (AvgIpc) is 3.03. The molecule has 1 aromatic rings. The number of benzene rings is 1. The van der Waals surface area contributed by atoms with Crippen LogP contribution in [0.25, 0.3) is 0 Å². The number of carbonyl (C=O) groups is 3. The van der Waals surface area contributed by atoms with E-state index in [0.29, 0.717) is 18.7 Å².